The lowest BCUT2D eigenvalue weighted by atomic mass is 10.2. The summed E-state index contributed by atoms with van der Waals surface area (Å²) in [4.78, 5) is 24.7. The molecule has 1 aliphatic heterocycles. The highest BCUT2D eigenvalue weighted by Gasteiger charge is 2.21. The lowest BCUT2D eigenvalue weighted by Crippen LogP contribution is -2.52. The molecular formula is C17H21N5O. The summed E-state index contributed by atoms with van der Waals surface area (Å²) in [5.74, 6) is 0.976. The van der Waals surface area contributed by atoms with Crippen molar-refractivity contribution in [3.8, 4) is 0 Å². The molecule has 1 aliphatic rings. The molecule has 2 aromatic rings. The normalized spacial score (nSPS) is 14.6. The summed E-state index contributed by atoms with van der Waals surface area (Å²) in [6, 6.07) is 9.84. The highest BCUT2D eigenvalue weighted by Crippen LogP contribution is 2.12. The van der Waals surface area contributed by atoms with Gasteiger partial charge in [0.1, 0.15) is 5.82 Å². The zero-order chi connectivity index (χ0) is 15.9. The summed E-state index contributed by atoms with van der Waals surface area (Å²) in [6.45, 7) is 3.69. The molecule has 120 valence electrons. The van der Waals surface area contributed by atoms with Crippen molar-refractivity contribution in [1.82, 2.24) is 20.2 Å². The van der Waals surface area contributed by atoms with Crippen LogP contribution in [0.1, 0.15) is 5.56 Å². The maximum absolute atomic E-state index is 12.2. The van der Waals surface area contributed by atoms with Crippen LogP contribution in [-0.4, -0.2) is 53.6 Å². The van der Waals surface area contributed by atoms with E-state index < -0.39 is 0 Å². The van der Waals surface area contributed by atoms with Gasteiger partial charge in [-0.15, -0.1) is 0 Å². The van der Waals surface area contributed by atoms with Gasteiger partial charge >= 0.3 is 6.03 Å². The smallest absolute Gasteiger partial charge is 0.317 e. The Morgan fingerprint density at radius 2 is 1.96 bits per heavy atom. The topological polar surface area (TPSA) is 61.4 Å². The Kier molecular flexibility index (Phi) is 5.03. The Morgan fingerprint density at radius 1 is 1.09 bits per heavy atom. The number of rotatable bonds is 4. The molecular weight excluding hydrogens is 290 g/mol. The summed E-state index contributed by atoms with van der Waals surface area (Å²) >= 11 is 0. The van der Waals surface area contributed by atoms with E-state index in [0.717, 1.165) is 44.0 Å². The van der Waals surface area contributed by atoms with Crippen molar-refractivity contribution in [1.29, 1.82) is 0 Å². The van der Waals surface area contributed by atoms with Crippen LogP contribution in [0.5, 0.6) is 0 Å². The Hall–Kier alpha value is -2.63. The van der Waals surface area contributed by atoms with Crippen LogP contribution in [0.4, 0.5) is 10.6 Å². The number of hydrogen-bond donors (Lipinski definition) is 1. The lowest BCUT2D eigenvalue weighted by molar-refractivity contribution is 0.194. The fraction of sp³-hybridized carbons (Fsp3) is 0.353. The number of anilines is 1. The molecule has 3 heterocycles. The average Bonchev–Trinajstić information content (AvgIpc) is 2.63. The summed E-state index contributed by atoms with van der Waals surface area (Å²) in [5.41, 5.74) is 1.13. The zero-order valence-electron chi connectivity index (χ0n) is 13.1. The van der Waals surface area contributed by atoms with Crippen molar-refractivity contribution < 1.29 is 4.79 Å². The number of nitrogens with one attached hydrogen (secondary N) is 1. The first-order valence-corrected chi connectivity index (χ1v) is 7.90. The molecule has 23 heavy (non-hydrogen) atoms. The predicted molar refractivity (Wildman–Crippen MR) is 89.4 cm³/mol. The van der Waals surface area contributed by atoms with Gasteiger partial charge < -0.3 is 15.1 Å². The Bertz CT molecular complexity index is 611. The monoisotopic (exact) mass is 311 g/mol. The Morgan fingerprint density at radius 3 is 2.65 bits per heavy atom. The van der Waals surface area contributed by atoms with Gasteiger partial charge in [-0.1, -0.05) is 12.1 Å². The summed E-state index contributed by atoms with van der Waals surface area (Å²) in [7, 11) is 0. The van der Waals surface area contributed by atoms with Gasteiger partial charge in [0.05, 0.1) is 0 Å². The first-order chi connectivity index (χ1) is 11.3. The van der Waals surface area contributed by atoms with Crippen molar-refractivity contribution in [3.05, 3.63) is 54.5 Å². The van der Waals surface area contributed by atoms with E-state index in [4.69, 9.17) is 0 Å². The third kappa shape index (κ3) is 4.18. The molecule has 0 atom stereocenters. The molecule has 2 amide bonds. The van der Waals surface area contributed by atoms with Crippen LogP contribution >= 0.6 is 0 Å². The highest BCUT2D eigenvalue weighted by molar-refractivity contribution is 5.74. The standard InChI is InChI=1S/C17H21N5O/c23-17(20-9-6-15-4-3-7-18-14-15)22-12-10-21(11-13-22)16-5-1-2-8-19-16/h1-5,7-8,14H,6,9-13H2,(H,20,23). The largest absolute Gasteiger partial charge is 0.353 e. The van der Waals surface area contributed by atoms with Crippen molar-refractivity contribution in [2.45, 2.75) is 6.42 Å². The predicted octanol–water partition coefficient (Wildman–Crippen LogP) is 1.55. The minimum Gasteiger partial charge on any atom is -0.353 e. The fourth-order valence-corrected chi connectivity index (χ4v) is 2.65. The van der Waals surface area contributed by atoms with Crippen molar-refractivity contribution in [2.75, 3.05) is 37.6 Å². The van der Waals surface area contributed by atoms with Gasteiger partial charge in [-0.25, -0.2) is 9.78 Å². The van der Waals surface area contributed by atoms with Gasteiger partial charge in [0.25, 0.3) is 0 Å². The molecule has 1 fully saturated rings. The molecule has 6 heteroatoms. The van der Waals surface area contributed by atoms with Gasteiger partial charge in [-0.05, 0) is 30.2 Å². The van der Waals surface area contributed by atoms with Crippen LogP contribution in [0.3, 0.4) is 0 Å². The van der Waals surface area contributed by atoms with E-state index in [9.17, 15) is 4.79 Å². The molecule has 3 rings (SSSR count). The van der Waals surface area contributed by atoms with Crippen LogP contribution in [-0.2, 0) is 6.42 Å². The van der Waals surface area contributed by atoms with E-state index >= 15 is 0 Å². The summed E-state index contributed by atoms with van der Waals surface area (Å²) < 4.78 is 0. The highest BCUT2D eigenvalue weighted by atomic mass is 16.2. The minimum atomic E-state index is 0.00885. The molecule has 0 bridgehead atoms. The molecule has 6 nitrogen and oxygen atoms in total. The first-order valence-electron chi connectivity index (χ1n) is 7.90. The molecule has 0 aromatic carbocycles. The van der Waals surface area contributed by atoms with E-state index in [-0.39, 0.29) is 6.03 Å². The number of piperazine rings is 1. The van der Waals surface area contributed by atoms with Crippen LogP contribution in [0.15, 0.2) is 48.9 Å². The van der Waals surface area contributed by atoms with Gasteiger partial charge in [0.15, 0.2) is 0 Å². The van der Waals surface area contributed by atoms with Gasteiger partial charge in [-0.2, -0.15) is 0 Å². The minimum absolute atomic E-state index is 0.00885. The summed E-state index contributed by atoms with van der Waals surface area (Å²) in [5, 5.41) is 2.98. The fourth-order valence-electron chi connectivity index (χ4n) is 2.65. The summed E-state index contributed by atoms with van der Waals surface area (Å²) in [6.07, 6.45) is 6.18. The molecule has 1 saturated heterocycles. The number of pyridine rings is 2. The van der Waals surface area contributed by atoms with E-state index in [0.29, 0.717) is 6.54 Å². The second-order valence-electron chi connectivity index (χ2n) is 5.51. The average molecular weight is 311 g/mol. The lowest BCUT2D eigenvalue weighted by Gasteiger charge is -2.35. The maximum Gasteiger partial charge on any atom is 0.317 e. The SMILES string of the molecule is O=C(NCCc1cccnc1)N1CCN(c2ccccn2)CC1. The van der Waals surface area contributed by atoms with Crippen LogP contribution in [0.25, 0.3) is 0 Å². The molecule has 0 spiro atoms. The van der Waals surface area contributed by atoms with Crippen LogP contribution in [0.2, 0.25) is 0 Å². The number of nitrogens with zero attached hydrogens (tertiary/aromatic N) is 4. The number of aromatic nitrogens is 2. The Labute approximate surface area is 136 Å². The molecule has 0 aliphatic carbocycles. The second-order valence-corrected chi connectivity index (χ2v) is 5.51. The number of carbonyl (C=O) groups excluding carboxylic acids is 1. The van der Waals surface area contributed by atoms with E-state index in [1.807, 2.05) is 41.4 Å². The van der Waals surface area contributed by atoms with E-state index in [1.165, 1.54) is 0 Å². The molecule has 0 radical (unpaired) electrons. The van der Waals surface area contributed by atoms with E-state index in [2.05, 4.69) is 20.2 Å². The molecule has 0 unspecified atom stereocenters. The second kappa shape index (κ2) is 7.58. The molecule has 1 N–H and O–H groups in total. The molecule has 0 saturated carbocycles. The first kappa shape index (κ1) is 15.3. The zero-order valence-corrected chi connectivity index (χ0v) is 13.1. The quantitative estimate of drug-likeness (QED) is 0.930. The van der Waals surface area contributed by atoms with Gasteiger partial charge in [0, 0.05) is 51.3 Å². The van der Waals surface area contributed by atoms with E-state index in [1.54, 1.807) is 12.4 Å². The van der Waals surface area contributed by atoms with Gasteiger partial charge in [-0.3, -0.25) is 4.98 Å². The number of amides is 2. The van der Waals surface area contributed by atoms with Crippen molar-refractivity contribution in [2.24, 2.45) is 0 Å². The Balaban J connectivity index is 1.41. The van der Waals surface area contributed by atoms with Crippen LogP contribution in [0, 0.1) is 0 Å². The third-order valence-electron chi connectivity index (χ3n) is 3.95. The number of urea groups is 1. The van der Waals surface area contributed by atoms with Crippen LogP contribution < -0.4 is 10.2 Å². The maximum atomic E-state index is 12.2. The van der Waals surface area contributed by atoms with Gasteiger partial charge in [0.2, 0.25) is 0 Å². The third-order valence-corrected chi connectivity index (χ3v) is 3.95. The van der Waals surface area contributed by atoms with Crippen molar-refractivity contribution >= 4 is 11.8 Å². The molecule has 2 aromatic heterocycles. The number of hydrogen-bond acceptors (Lipinski definition) is 4. The van der Waals surface area contributed by atoms with Crippen molar-refractivity contribution in [3.63, 3.8) is 0 Å². The number of carbonyl (C=O) groups is 1.